The molecular weight excluding hydrogens is 408 g/mol. The summed E-state index contributed by atoms with van der Waals surface area (Å²) in [5.41, 5.74) is -0.651. The van der Waals surface area contributed by atoms with Crippen LogP contribution in [0.25, 0.3) is 11.0 Å². The Bertz CT molecular complexity index is 991. The molecule has 3 rings (SSSR count). The molecule has 0 unspecified atom stereocenters. The normalized spacial score (nSPS) is 21.7. The Morgan fingerprint density at radius 2 is 1.97 bits per heavy atom. The number of benzene rings is 1. The van der Waals surface area contributed by atoms with Crippen LogP contribution in [0, 0.1) is 5.92 Å². The molecule has 3 atom stereocenters. The lowest BCUT2D eigenvalue weighted by molar-refractivity contribution is -0.158. The highest BCUT2D eigenvalue weighted by molar-refractivity contribution is 5.78. The second-order valence-corrected chi connectivity index (χ2v) is 8.49. The van der Waals surface area contributed by atoms with Crippen LogP contribution in [0.2, 0.25) is 0 Å². The Kier molecular flexibility index (Phi) is 6.18. The summed E-state index contributed by atoms with van der Waals surface area (Å²) in [5, 5.41) is 3.05. The maximum atomic E-state index is 14.6. The van der Waals surface area contributed by atoms with Gasteiger partial charge in [-0.05, 0) is 39.0 Å². The van der Waals surface area contributed by atoms with Gasteiger partial charge in [0.05, 0.1) is 18.1 Å². The van der Waals surface area contributed by atoms with Crippen molar-refractivity contribution in [2.45, 2.75) is 51.4 Å². The molecule has 9 heteroatoms. The molecule has 1 saturated heterocycles. The first-order valence-electron chi connectivity index (χ1n) is 9.96. The smallest absolute Gasteiger partial charge is 0.324 e. The van der Waals surface area contributed by atoms with Gasteiger partial charge in [0.15, 0.2) is 5.69 Å². The number of methoxy groups -OCH3 is 1. The maximum absolute atomic E-state index is 14.6. The van der Waals surface area contributed by atoms with Crippen LogP contribution in [0.4, 0.5) is 8.78 Å². The van der Waals surface area contributed by atoms with Gasteiger partial charge >= 0.3 is 11.9 Å². The largest absolute Gasteiger partial charge is 0.497 e. The molecule has 0 aliphatic carbocycles. The highest BCUT2D eigenvalue weighted by atomic mass is 19.3. The second kappa shape index (κ2) is 8.37. The predicted octanol–water partition coefficient (Wildman–Crippen LogP) is 3.61. The lowest BCUT2D eigenvalue weighted by Gasteiger charge is -2.25. The van der Waals surface area contributed by atoms with Gasteiger partial charge in [-0.2, -0.15) is 8.78 Å². The summed E-state index contributed by atoms with van der Waals surface area (Å²) in [5.74, 6) is -4.01. The minimum absolute atomic E-state index is 0.266. The number of alkyl halides is 2. The third kappa shape index (κ3) is 4.92. The van der Waals surface area contributed by atoms with E-state index in [9.17, 15) is 13.6 Å². The molecule has 0 bridgehead atoms. The SMILES string of the molecule is C=CC(F)(F)c1nc2ccc(OC)cc2nc1O[C@H]1CN[C@H](C(=O)OC(C)(C)C)[C@@H]1C. The number of aromatic nitrogens is 2. The standard InChI is InChI=1S/C22H27F2N3O4/c1-7-22(23,24)18-19(27-15-10-13(29-6)8-9-14(15)26-18)30-16-11-25-17(12(16)2)20(28)31-21(3,4)5/h7-10,12,16-17,25H,1,11H2,2-6H3/t12-,16+,17+/m1/s1. The van der Waals surface area contributed by atoms with Crippen molar-refractivity contribution in [3.63, 3.8) is 0 Å². The molecule has 7 nitrogen and oxygen atoms in total. The van der Waals surface area contributed by atoms with Gasteiger partial charge in [-0.1, -0.05) is 13.5 Å². The minimum Gasteiger partial charge on any atom is -0.497 e. The maximum Gasteiger partial charge on any atom is 0.324 e. The van der Waals surface area contributed by atoms with Crippen LogP contribution in [-0.2, 0) is 15.5 Å². The van der Waals surface area contributed by atoms with Crippen LogP contribution in [0.5, 0.6) is 11.6 Å². The second-order valence-electron chi connectivity index (χ2n) is 8.49. The highest BCUT2D eigenvalue weighted by Crippen LogP contribution is 2.36. The average Bonchev–Trinajstić information content (AvgIpc) is 3.06. The van der Waals surface area contributed by atoms with Gasteiger partial charge in [0.1, 0.15) is 23.5 Å². The van der Waals surface area contributed by atoms with E-state index in [-0.39, 0.29) is 23.9 Å². The number of hydrogen-bond acceptors (Lipinski definition) is 7. The minimum atomic E-state index is -3.45. The molecule has 0 spiro atoms. The summed E-state index contributed by atoms with van der Waals surface area (Å²) >= 11 is 0. The van der Waals surface area contributed by atoms with Crippen LogP contribution in [0.3, 0.4) is 0 Å². The van der Waals surface area contributed by atoms with Crippen LogP contribution in [0.1, 0.15) is 33.4 Å². The van der Waals surface area contributed by atoms with E-state index >= 15 is 0 Å². The zero-order chi connectivity index (χ0) is 23.0. The van der Waals surface area contributed by atoms with Crippen LogP contribution in [0.15, 0.2) is 30.9 Å². The van der Waals surface area contributed by atoms with Crippen molar-refractivity contribution in [3.05, 3.63) is 36.5 Å². The van der Waals surface area contributed by atoms with Crippen molar-refractivity contribution in [3.8, 4) is 11.6 Å². The first-order chi connectivity index (χ1) is 14.4. The highest BCUT2D eigenvalue weighted by Gasteiger charge is 2.42. The van der Waals surface area contributed by atoms with Crippen molar-refractivity contribution in [2.24, 2.45) is 5.92 Å². The van der Waals surface area contributed by atoms with Gasteiger partial charge in [-0.3, -0.25) is 4.79 Å². The van der Waals surface area contributed by atoms with Gasteiger partial charge in [-0.15, -0.1) is 0 Å². The van der Waals surface area contributed by atoms with Crippen molar-refractivity contribution >= 4 is 17.0 Å². The molecule has 1 aromatic carbocycles. The third-order valence-electron chi connectivity index (χ3n) is 4.99. The summed E-state index contributed by atoms with van der Waals surface area (Å²) in [6.07, 6.45) is -0.0896. The lowest BCUT2D eigenvalue weighted by Crippen LogP contribution is -2.40. The lowest BCUT2D eigenvalue weighted by atomic mass is 10.0. The molecular formula is C22H27F2N3O4. The van der Waals surface area contributed by atoms with Gasteiger partial charge < -0.3 is 19.5 Å². The Hall–Kier alpha value is -2.81. The van der Waals surface area contributed by atoms with Crippen molar-refractivity contribution in [1.29, 1.82) is 0 Å². The number of nitrogens with zero attached hydrogens (tertiary/aromatic N) is 2. The fourth-order valence-corrected chi connectivity index (χ4v) is 3.33. The molecule has 1 aliphatic heterocycles. The van der Waals surface area contributed by atoms with E-state index < -0.39 is 35.3 Å². The number of carbonyl (C=O) groups excluding carboxylic acids is 1. The van der Waals surface area contributed by atoms with E-state index in [1.54, 1.807) is 45.9 Å². The van der Waals surface area contributed by atoms with E-state index in [1.807, 2.05) is 0 Å². The molecule has 168 valence electrons. The van der Waals surface area contributed by atoms with Crippen LogP contribution < -0.4 is 14.8 Å². The monoisotopic (exact) mass is 435 g/mol. The summed E-state index contributed by atoms with van der Waals surface area (Å²) in [6, 6.07) is 4.12. The van der Waals surface area contributed by atoms with Gasteiger partial charge in [0, 0.05) is 18.5 Å². The third-order valence-corrected chi connectivity index (χ3v) is 4.99. The molecule has 2 heterocycles. The Balaban J connectivity index is 1.93. The van der Waals surface area contributed by atoms with Crippen LogP contribution >= 0.6 is 0 Å². The Labute approximate surface area is 179 Å². The molecule has 31 heavy (non-hydrogen) atoms. The van der Waals surface area contributed by atoms with E-state index in [4.69, 9.17) is 14.2 Å². The predicted molar refractivity (Wildman–Crippen MR) is 111 cm³/mol. The number of nitrogens with one attached hydrogen (secondary N) is 1. The number of halogens is 2. The van der Waals surface area contributed by atoms with E-state index in [0.717, 1.165) is 0 Å². The topological polar surface area (TPSA) is 82.6 Å². The van der Waals surface area contributed by atoms with Crippen molar-refractivity contribution in [2.75, 3.05) is 13.7 Å². The number of rotatable bonds is 6. The number of fused-ring (bicyclic) bond motifs is 1. The molecule has 0 amide bonds. The zero-order valence-corrected chi connectivity index (χ0v) is 18.2. The Morgan fingerprint density at radius 3 is 2.58 bits per heavy atom. The first-order valence-corrected chi connectivity index (χ1v) is 9.96. The van der Waals surface area contributed by atoms with E-state index in [2.05, 4.69) is 21.9 Å². The molecule has 1 aliphatic rings. The van der Waals surface area contributed by atoms with E-state index in [1.165, 1.54) is 7.11 Å². The number of ether oxygens (including phenoxy) is 3. The van der Waals surface area contributed by atoms with Crippen molar-refractivity contribution in [1.82, 2.24) is 15.3 Å². The molecule has 0 saturated carbocycles. The summed E-state index contributed by atoms with van der Waals surface area (Å²) in [7, 11) is 1.49. The fraction of sp³-hybridized carbons (Fsp3) is 0.500. The number of allylic oxidation sites excluding steroid dienone is 1. The molecule has 1 N–H and O–H groups in total. The molecule has 0 radical (unpaired) electrons. The summed E-state index contributed by atoms with van der Waals surface area (Å²) in [6.45, 7) is 10.6. The average molecular weight is 435 g/mol. The van der Waals surface area contributed by atoms with E-state index in [0.29, 0.717) is 17.3 Å². The molecule has 1 aromatic heterocycles. The summed E-state index contributed by atoms with van der Waals surface area (Å²) < 4.78 is 45.6. The van der Waals surface area contributed by atoms with Gasteiger partial charge in [-0.25, -0.2) is 9.97 Å². The first kappa shape index (κ1) is 22.9. The van der Waals surface area contributed by atoms with Gasteiger partial charge in [0.25, 0.3) is 0 Å². The quantitative estimate of drug-likeness (QED) is 0.548. The zero-order valence-electron chi connectivity index (χ0n) is 18.2. The van der Waals surface area contributed by atoms with Crippen LogP contribution in [-0.4, -0.2) is 47.3 Å². The van der Waals surface area contributed by atoms with Gasteiger partial charge in [0.2, 0.25) is 5.88 Å². The van der Waals surface area contributed by atoms with Crippen molar-refractivity contribution < 1.29 is 27.8 Å². The molecule has 1 fully saturated rings. The summed E-state index contributed by atoms with van der Waals surface area (Å²) in [4.78, 5) is 20.8. The number of carbonyl (C=O) groups is 1. The number of esters is 1. The Morgan fingerprint density at radius 1 is 1.26 bits per heavy atom. The molecule has 2 aromatic rings. The number of hydrogen-bond donors (Lipinski definition) is 1. The fourth-order valence-electron chi connectivity index (χ4n) is 3.33.